The van der Waals surface area contributed by atoms with E-state index in [1.807, 2.05) is 24.3 Å². The number of carbonyl (C=O) groups is 2. The molecule has 0 aliphatic heterocycles. The highest BCUT2D eigenvalue weighted by molar-refractivity contribution is 5.97. The zero-order chi connectivity index (χ0) is 31.9. The average Bonchev–Trinajstić information content (AvgIpc) is 2.97. The van der Waals surface area contributed by atoms with E-state index in [0.717, 1.165) is 62.6 Å². The molecule has 44 heavy (non-hydrogen) atoms. The number of para-hydroxylation sites is 1. The van der Waals surface area contributed by atoms with Crippen LogP contribution in [0.3, 0.4) is 0 Å². The number of aliphatic hydroxyl groups excluding tert-OH is 1. The molecule has 0 saturated heterocycles. The molecule has 5 aliphatic carbocycles. The van der Waals surface area contributed by atoms with E-state index < -0.39 is 5.41 Å². The summed E-state index contributed by atoms with van der Waals surface area (Å²) in [5, 5.41) is 13.3. The van der Waals surface area contributed by atoms with E-state index in [0.29, 0.717) is 23.7 Å². The van der Waals surface area contributed by atoms with Crippen molar-refractivity contribution in [3.05, 3.63) is 41.5 Å². The van der Waals surface area contributed by atoms with E-state index in [2.05, 4.69) is 59.9 Å². The van der Waals surface area contributed by atoms with Crippen LogP contribution in [0.1, 0.15) is 119 Å². The number of amides is 1. The van der Waals surface area contributed by atoms with E-state index in [-0.39, 0.29) is 52.2 Å². The number of nitrogens with one attached hydrogen (secondary N) is 1. The van der Waals surface area contributed by atoms with Gasteiger partial charge in [0.05, 0.1) is 12.0 Å². The van der Waals surface area contributed by atoms with Crippen LogP contribution in [0.25, 0.3) is 0 Å². The Hall–Kier alpha value is -2.14. The van der Waals surface area contributed by atoms with Gasteiger partial charge in [0.2, 0.25) is 5.91 Å². The highest BCUT2D eigenvalue weighted by atomic mass is 16.5. The van der Waals surface area contributed by atoms with Crippen LogP contribution in [0.2, 0.25) is 0 Å². The molecule has 4 saturated carbocycles. The number of fused-ring (bicyclic) bond motifs is 7. The first kappa shape index (κ1) is 31.8. The highest BCUT2D eigenvalue weighted by Gasteiger charge is 2.69. The van der Waals surface area contributed by atoms with Gasteiger partial charge in [0, 0.05) is 23.6 Å². The van der Waals surface area contributed by atoms with E-state index in [1.54, 1.807) is 12.5 Å². The Morgan fingerprint density at radius 2 is 1.66 bits per heavy atom. The molecule has 0 aromatic heterocycles. The third-order valence-corrected chi connectivity index (χ3v) is 15.1. The van der Waals surface area contributed by atoms with Gasteiger partial charge in [0.15, 0.2) is 0 Å². The molecular weight excluding hydrogens is 546 g/mol. The Morgan fingerprint density at radius 1 is 0.932 bits per heavy atom. The summed E-state index contributed by atoms with van der Waals surface area (Å²) in [6, 6.07) is 7.69. The van der Waals surface area contributed by atoms with Crippen molar-refractivity contribution in [1.29, 1.82) is 0 Å². The zero-order valence-electron chi connectivity index (χ0n) is 28.6. The summed E-state index contributed by atoms with van der Waals surface area (Å²) < 4.78 is 5.94. The van der Waals surface area contributed by atoms with Crippen molar-refractivity contribution in [2.45, 2.75) is 126 Å². The van der Waals surface area contributed by atoms with Crippen molar-refractivity contribution < 1.29 is 19.4 Å². The second kappa shape index (κ2) is 10.7. The Kier molecular flexibility index (Phi) is 7.75. The third kappa shape index (κ3) is 4.33. The normalized spacial score (nSPS) is 44.2. The lowest BCUT2D eigenvalue weighted by molar-refractivity contribution is -0.212. The van der Waals surface area contributed by atoms with Gasteiger partial charge in [-0.25, -0.2) is 0 Å². The minimum Gasteiger partial charge on any atom is -0.462 e. The number of carbonyl (C=O) groups excluding carboxylic acids is 2. The molecule has 242 valence electrons. The monoisotopic (exact) mass is 603 g/mol. The molecular formula is C39H57NO4. The first-order valence-electron chi connectivity index (χ1n) is 17.5. The number of allylic oxidation sites excluding steroid dienone is 2. The maximum Gasteiger partial charge on any atom is 0.302 e. The van der Waals surface area contributed by atoms with Crippen molar-refractivity contribution in [3.63, 3.8) is 0 Å². The van der Waals surface area contributed by atoms with Gasteiger partial charge >= 0.3 is 5.97 Å². The van der Waals surface area contributed by atoms with Crippen molar-refractivity contribution in [2.24, 2.45) is 56.7 Å². The topological polar surface area (TPSA) is 75.6 Å². The minimum absolute atomic E-state index is 0.0120. The summed E-state index contributed by atoms with van der Waals surface area (Å²) in [6.45, 7) is 18.7. The average molecular weight is 604 g/mol. The second-order valence-electron chi connectivity index (χ2n) is 17.0. The number of esters is 1. The number of anilines is 1. The minimum atomic E-state index is -0.422. The number of hydrogen-bond acceptors (Lipinski definition) is 4. The van der Waals surface area contributed by atoms with Gasteiger partial charge in [-0.3, -0.25) is 9.59 Å². The van der Waals surface area contributed by atoms with Crippen molar-refractivity contribution in [1.82, 2.24) is 0 Å². The lowest BCUT2D eigenvalue weighted by Gasteiger charge is -2.71. The lowest BCUT2D eigenvalue weighted by atomic mass is 9.33. The molecule has 4 fully saturated rings. The predicted molar refractivity (Wildman–Crippen MR) is 176 cm³/mol. The van der Waals surface area contributed by atoms with Gasteiger partial charge in [0.25, 0.3) is 0 Å². The molecule has 0 unspecified atom stereocenters. The van der Waals surface area contributed by atoms with Gasteiger partial charge in [-0.2, -0.15) is 0 Å². The molecule has 5 nitrogen and oxygen atoms in total. The Labute approximate surface area is 266 Å². The first-order chi connectivity index (χ1) is 20.7. The van der Waals surface area contributed by atoms with E-state index in [4.69, 9.17) is 4.74 Å². The van der Waals surface area contributed by atoms with Gasteiger partial charge < -0.3 is 15.2 Å². The van der Waals surface area contributed by atoms with Crippen LogP contribution >= 0.6 is 0 Å². The van der Waals surface area contributed by atoms with Gasteiger partial charge in [-0.1, -0.05) is 78.3 Å². The lowest BCUT2D eigenvalue weighted by Crippen LogP contribution is -2.65. The first-order valence-corrected chi connectivity index (χ1v) is 17.5. The fourth-order valence-electron chi connectivity index (χ4n) is 12.3. The van der Waals surface area contributed by atoms with E-state index >= 15 is 0 Å². The SMILES string of the molecule is CC(=O)O[C@H]1CC[C@]2(C)[C@H]3CC=C4[C@@H]5[C@@H](C)[C@H](C)CC[C@]5(C(=O)Nc5ccccc5CO)CC[C@@]4(C)[C@]3(C)CC[C@H]2C1(C)C. The van der Waals surface area contributed by atoms with Crippen LogP contribution in [-0.2, 0) is 20.9 Å². The van der Waals surface area contributed by atoms with Crippen LogP contribution in [0.4, 0.5) is 5.69 Å². The van der Waals surface area contributed by atoms with Gasteiger partial charge in [0.1, 0.15) is 6.10 Å². The van der Waals surface area contributed by atoms with Crippen LogP contribution in [0.5, 0.6) is 0 Å². The molecule has 5 aliphatic rings. The van der Waals surface area contributed by atoms with Crippen LogP contribution in [0, 0.1) is 56.7 Å². The molecule has 6 rings (SSSR count). The fraction of sp³-hybridized carbons (Fsp3) is 0.744. The van der Waals surface area contributed by atoms with Gasteiger partial charge in [-0.15, -0.1) is 0 Å². The molecule has 1 aromatic rings. The van der Waals surface area contributed by atoms with Crippen LogP contribution in [0.15, 0.2) is 35.9 Å². The Balaban J connectivity index is 1.38. The summed E-state index contributed by atoms with van der Waals surface area (Å²) in [7, 11) is 0. The van der Waals surface area contributed by atoms with E-state index in [9.17, 15) is 14.7 Å². The fourth-order valence-corrected chi connectivity index (χ4v) is 12.3. The van der Waals surface area contributed by atoms with Crippen LogP contribution in [-0.4, -0.2) is 23.1 Å². The Morgan fingerprint density at radius 3 is 2.36 bits per heavy atom. The summed E-state index contributed by atoms with van der Waals surface area (Å²) >= 11 is 0. The molecule has 2 N–H and O–H groups in total. The predicted octanol–water partition coefficient (Wildman–Crippen LogP) is 8.71. The second-order valence-corrected chi connectivity index (χ2v) is 17.0. The van der Waals surface area contributed by atoms with Gasteiger partial charge in [-0.05, 0) is 110 Å². The summed E-state index contributed by atoms with van der Waals surface area (Å²) in [6.07, 6.45) is 12.0. The smallest absolute Gasteiger partial charge is 0.302 e. The molecule has 0 spiro atoms. The molecule has 0 heterocycles. The highest BCUT2D eigenvalue weighted by Crippen LogP contribution is 2.76. The number of benzene rings is 1. The molecule has 10 atom stereocenters. The maximum absolute atomic E-state index is 14.5. The Bertz CT molecular complexity index is 1350. The number of aliphatic hydroxyl groups is 1. The standard InChI is InChI=1S/C39H57NO4/c1-24-15-20-39(34(43)40-29-12-10-9-11-27(29)23-41)22-21-37(7)28(33(39)25(24)2)13-14-31-36(6)18-17-32(44-26(3)42)35(4,5)30(36)16-19-38(31,37)8/h9-13,24-25,30-33,41H,14-23H2,1-8H3,(H,40,43)/t24-,25+,30+,31-,32+,33+,36+,37-,38-,39+/m1/s1. The number of rotatable bonds is 4. The molecule has 5 heteroatoms. The van der Waals surface area contributed by atoms with Crippen molar-refractivity contribution >= 4 is 17.6 Å². The van der Waals surface area contributed by atoms with E-state index in [1.165, 1.54) is 6.42 Å². The number of hydrogen-bond donors (Lipinski definition) is 2. The largest absolute Gasteiger partial charge is 0.462 e. The van der Waals surface area contributed by atoms with Crippen molar-refractivity contribution in [2.75, 3.05) is 5.32 Å². The molecule has 1 amide bonds. The zero-order valence-corrected chi connectivity index (χ0v) is 28.6. The van der Waals surface area contributed by atoms with Crippen molar-refractivity contribution in [3.8, 4) is 0 Å². The quantitative estimate of drug-likeness (QED) is 0.267. The maximum atomic E-state index is 14.5. The summed E-state index contributed by atoms with van der Waals surface area (Å²) in [5.74, 6) is 2.30. The number of ether oxygens (including phenoxy) is 1. The third-order valence-electron chi connectivity index (χ3n) is 15.1. The summed E-state index contributed by atoms with van der Waals surface area (Å²) in [5.41, 5.74) is 3.00. The molecule has 1 aromatic carbocycles. The summed E-state index contributed by atoms with van der Waals surface area (Å²) in [4.78, 5) is 26.6. The van der Waals surface area contributed by atoms with Crippen LogP contribution < -0.4 is 5.32 Å². The molecule has 0 radical (unpaired) electrons. The molecule has 0 bridgehead atoms.